The van der Waals surface area contributed by atoms with Gasteiger partial charge in [0.05, 0.1) is 13.2 Å². The van der Waals surface area contributed by atoms with Gasteiger partial charge < -0.3 is 20.1 Å². The summed E-state index contributed by atoms with van der Waals surface area (Å²) in [5.74, 6) is 1.27. The van der Waals surface area contributed by atoms with E-state index in [1.54, 1.807) is 0 Å². The molecule has 2 fully saturated rings. The summed E-state index contributed by atoms with van der Waals surface area (Å²) in [6.45, 7) is 6.49. The fourth-order valence-corrected chi connectivity index (χ4v) is 3.69. The number of hydrogen-bond donors (Lipinski definition) is 2. The molecule has 3 amide bonds. The Morgan fingerprint density at radius 3 is 2.46 bits per heavy atom. The molecule has 0 aliphatic carbocycles. The monoisotopic (exact) mass is 361 g/mol. The van der Waals surface area contributed by atoms with Crippen molar-refractivity contribution in [2.24, 2.45) is 5.92 Å². The van der Waals surface area contributed by atoms with Crippen LogP contribution in [0.5, 0.6) is 11.5 Å². The standard InChI is InChI=1S/C19H27N3O4/c1-3-25-15-6-4-5-7-16(15)26-13-12-22-17(23)19(2,21-18(22)24)14-8-10-20-11-9-14/h4-7,14,20H,3,8-13H2,1-2H3,(H,21,24)/t19-/m0/s1. The first-order valence-electron chi connectivity index (χ1n) is 9.25. The minimum atomic E-state index is -0.817. The van der Waals surface area contributed by atoms with Crippen LogP contribution in [0.3, 0.4) is 0 Å². The summed E-state index contributed by atoms with van der Waals surface area (Å²) in [7, 11) is 0. The van der Waals surface area contributed by atoms with Gasteiger partial charge in [0.15, 0.2) is 11.5 Å². The summed E-state index contributed by atoms with van der Waals surface area (Å²) in [4.78, 5) is 26.5. The van der Waals surface area contributed by atoms with Crippen LogP contribution in [0, 0.1) is 5.92 Å². The molecule has 1 aromatic carbocycles. The van der Waals surface area contributed by atoms with Gasteiger partial charge >= 0.3 is 6.03 Å². The summed E-state index contributed by atoms with van der Waals surface area (Å²) in [6.07, 6.45) is 1.77. The van der Waals surface area contributed by atoms with Crippen LogP contribution in [0.1, 0.15) is 26.7 Å². The van der Waals surface area contributed by atoms with E-state index in [-0.39, 0.29) is 31.0 Å². The lowest BCUT2D eigenvalue weighted by Crippen LogP contribution is -2.53. The molecule has 2 aliphatic rings. The third-order valence-corrected chi connectivity index (χ3v) is 5.18. The van der Waals surface area contributed by atoms with E-state index in [0.29, 0.717) is 18.1 Å². The van der Waals surface area contributed by atoms with Crippen LogP contribution in [0.4, 0.5) is 4.79 Å². The average molecular weight is 361 g/mol. The minimum absolute atomic E-state index is 0.156. The number of nitrogens with zero attached hydrogens (tertiary/aromatic N) is 1. The van der Waals surface area contributed by atoms with Crippen LogP contribution in [-0.4, -0.2) is 55.2 Å². The number of piperidine rings is 1. The van der Waals surface area contributed by atoms with Gasteiger partial charge in [-0.1, -0.05) is 12.1 Å². The molecule has 1 atom stereocenters. The molecule has 0 spiro atoms. The second-order valence-corrected chi connectivity index (χ2v) is 6.84. The minimum Gasteiger partial charge on any atom is -0.490 e. The largest absolute Gasteiger partial charge is 0.490 e. The summed E-state index contributed by atoms with van der Waals surface area (Å²) in [6, 6.07) is 7.05. The molecule has 2 saturated heterocycles. The Kier molecular flexibility index (Phi) is 5.66. The Labute approximate surface area is 154 Å². The molecule has 7 nitrogen and oxygen atoms in total. The molecule has 2 aliphatic heterocycles. The molecule has 142 valence electrons. The van der Waals surface area contributed by atoms with Crippen LogP contribution < -0.4 is 20.1 Å². The van der Waals surface area contributed by atoms with Crippen LogP contribution >= 0.6 is 0 Å². The van der Waals surface area contributed by atoms with E-state index in [4.69, 9.17) is 9.47 Å². The molecule has 0 aromatic heterocycles. The van der Waals surface area contributed by atoms with Gasteiger partial charge in [-0.2, -0.15) is 0 Å². The van der Waals surface area contributed by atoms with Crippen molar-refractivity contribution in [3.05, 3.63) is 24.3 Å². The summed E-state index contributed by atoms with van der Waals surface area (Å²) in [5, 5.41) is 6.20. The van der Waals surface area contributed by atoms with Crippen molar-refractivity contribution in [3.8, 4) is 11.5 Å². The maximum absolute atomic E-state index is 12.9. The molecular formula is C19H27N3O4. The van der Waals surface area contributed by atoms with Crippen molar-refractivity contribution < 1.29 is 19.1 Å². The van der Waals surface area contributed by atoms with Crippen molar-refractivity contribution in [3.63, 3.8) is 0 Å². The number of amides is 3. The van der Waals surface area contributed by atoms with Gasteiger partial charge in [0.25, 0.3) is 5.91 Å². The Morgan fingerprint density at radius 1 is 1.15 bits per heavy atom. The van der Waals surface area contributed by atoms with E-state index in [9.17, 15) is 9.59 Å². The van der Waals surface area contributed by atoms with Crippen molar-refractivity contribution in [1.29, 1.82) is 0 Å². The Morgan fingerprint density at radius 2 is 1.81 bits per heavy atom. The highest BCUT2D eigenvalue weighted by molar-refractivity contribution is 6.07. The fraction of sp³-hybridized carbons (Fsp3) is 0.579. The van der Waals surface area contributed by atoms with Crippen molar-refractivity contribution >= 4 is 11.9 Å². The van der Waals surface area contributed by atoms with Gasteiger partial charge in [-0.05, 0) is 57.8 Å². The smallest absolute Gasteiger partial charge is 0.325 e. The Bertz CT molecular complexity index is 660. The van der Waals surface area contributed by atoms with Crippen LogP contribution in [-0.2, 0) is 4.79 Å². The molecule has 1 aromatic rings. The molecule has 26 heavy (non-hydrogen) atoms. The summed E-state index contributed by atoms with van der Waals surface area (Å²) < 4.78 is 11.3. The van der Waals surface area contributed by atoms with Crippen LogP contribution in [0.25, 0.3) is 0 Å². The first-order chi connectivity index (χ1) is 12.6. The van der Waals surface area contributed by atoms with E-state index in [0.717, 1.165) is 25.9 Å². The molecule has 0 saturated carbocycles. The highest BCUT2D eigenvalue weighted by Gasteiger charge is 2.52. The zero-order valence-electron chi connectivity index (χ0n) is 15.4. The molecule has 7 heteroatoms. The van der Waals surface area contributed by atoms with Crippen LogP contribution in [0.15, 0.2) is 24.3 Å². The lowest BCUT2D eigenvalue weighted by atomic mass is 9.79. The number of urea groups is 1. The van der Waals surface area contributed by atoms with E-state index >= 15 is 0 Å². The van der Waals surface area contributed by atoms with E-state index in [1.165, 1.54) is 4.90 Å². The number of rotatable bonds is 7. The predicted octanol–water partition coefficient (Wildman–Crippen LogP) is 1.77. The molecular weight excluding hydrogens is 334 g/mol. The zero-order valence-corrected chi connectivity index (χ0v) is 15.4. The predicted molar refractivity (Wildman–Crippen MR) is 97.3 cm³/mol. The number of hydrogen-bond acceptors (Lipinski definition) is 5. The number of para-hydroxylation sites is 2. The van der Waals surface area contributed by atoms with Gasteiger partial charge in [0.1, 0.15) is 12.1 Å². The van der Waals surface area contributed by atoms with Crippen molar-refractivity contribution in [2.75, 3.05) is 32.8 Å². The number of ether oxygens (including phenoxy) is 2. The lowest BCUT2D eigenvalue weighted by molar-refractivity contribution is -0.133. The third-order valence-electron chi connectivity index (χ3n) is 5.18. The SMILES string of the molecule is CCOc1ccccc1OCCN1C(=O)N[C@@](C)(C2CCNCC2)C1=O. The topological polar surface area (TPSA) is 79.9 Å². The van der Waals surface area contributed by atoms with Gasteiger partial charge in [-0.3, -0.25) is 9.69 Å². The molecule has 3 rings (SSSR count). The number of nitrogens with one attached hydrogen (secondary N) is 2. The van der Waals surface area contributed by atoms with E-state index in [1.807, 2.05) is 38.1 Å². The van der Waals surface area contributed by atoms with E-state index < -0.39 is 5.54 Å². The Hall–Kier alpha value is -2.28. The zero-order chi connectivity index (χ0) is 18.6. The molecule has 2 heterocycles. The van der Waals surface area contributed by atoms with Gasteiger partial charge in [0, 0.05) is 0 Å². The van der Waals surface area contributed by atoms with Crippen LogP contribution in [0.2, 0.25) is 0 Å². The highest BCUT2D eigenvalue weighted by atomic mass is 16.5. The quantitative estimate of drug-likeness (QED) is 0.724. The number of carbonyl (C=O) groups is 2. The number of carbonyl (C=O) groups excluding carboxylic acids is 2. The summed E-state index contributed by atoms with van der Waals surface area (Å²) in [5.41, 5.74) is -0.817. The first-order valence-corrected chi connectivity index (χ1v) is 9.25. The average Bonchev–Trinajstić information content (AvgIpc) is 2.88. The van der Waals surface area contributed by atoms with Crippen molar-refractivity contribution in [2.45, 2.75) is 32.2 Å². The third kappa shape index (κ3) is 3.62. The first kappa shape index (κ1) is 18.5. The van der Waals surface area contributed by atoms with Gasteiger partial charge in [-0.25, -0.2) is 4.79 Å². The second-order valence-electron chi connectivity index (χ2n) is 6.84. The molecule has 0 bridgehead atoms. The second kappa shape index (κ2) is 7.95. The number of benzene rings is 1. The lowest BCUT2D eigenvalue weighted by Gasteiger charge is -2.34. The normalized spacial score (nSPS) is 23.8. The molecule has 0 unspecified atom stereocenters. The maximum Gasteiger partial charge on any atom is 0.325 e. The van der Waals surface area contributed by atoms with Gasteiger partial charge in [0.2, 0.25) is 0 Å². The summed E-state index contributed by atoms with van der Waals surface area (Å²) >= 11 is 0. The molecule has 0 radical (unpaired) electrons. The maximum atomic E-state index is 12.9. The fourth-order valence-electron chi connectivity index (χ4n) is 3.69. The van der Waals surface area contributed by atoms with E-state index in [2.05, 4.69) is 10.6 Å². The van der Waals surface area contributed by atoms with Crippen molar-refractivity contribution in [1.82, 2.24) is 15.5 Å². The highest BCUT2D eigenvalue weighted by Crippen LogP contribution is 2.32. The van der Waals surface area contributed by atoms with Gasteiger partial charge in [-0.15, -0.1) is 0 Å². The number of imide groups is 1. The molecule has 2 N–H and O–H groups in total. The Balaban J connectivity index is 1.60.